The van der Waals surface area contributed by atoms with E-state index in [1.165, 1.54) is 14.2 Å². The van der Waals surface area contributed by atoms with E-state index >= 15 is 0 Å². The molecule has 2 bridgehead atoms. The average molecular weight is 402 g/mol. The Morgan fingerprint density at radius 1 is 0.767 bits per heavy atom. The van der Waals surface area contributed by atoms with Gasteiger partial charge in [-0.15, -0.1) is 0 Å². The van der Waals surface area contributed by atoms with Crippen molar-refractivity contribution >= 4 is 19.8 Å². The second-order valence-electron chi connectivity index (χ2n) is 8.57. The van der Waals surface area contributed by atoms with Gasteiger partial charge in [0.1, 0.15) is 0 Å². The van der Waals surface area contributed by atoms with Crippen molar-refractivity contribution in [2.75, 3.05) is 14.2 Å². The molecular formula is C25H27BO4. The highest BCUT2D eigenvalue weighted by atomic mass is 16.5. The average Bonchev–Trinajstić information content (AvgIpc) is 2.78. The molecule has 0 saturated heterocycles. The van der Waals surface area contributed by atoms with Gasteiger partial charge in [0, 0.05) is 0 Å². The number of carbonyl (C=O) groups is 2. The van der Waals surface area contributed by atoms with Crippen LogP contribution in [0.4, 0.5) is 0 Å². The molecular weight excluding hydrogens is 375 g/mol. The number of esters is 2. The Balaban J connectivity index is 2.06. The van der Waals surface area contributed by atoms with Crippen molar-refractivity contribution in [1.29, 1.82) is 0 Å². The number of methoxy groups -OCH3 is 2. The number of carbonyl (C=O) groups excluding carboxylic acids is 2. The van der Waals surface area contributed by atoms with E-state index in [-0.39, 0.29) is 11.9 Å². The third-order valence-electron chi connectivity index (χ3n) is 7.51. The van der Waals surface area contributed by atoms with Crippen LogP contribution in [-0.4, -0.2) is 34.0 Å². The predicted molar refractivity (Wildman–Crippen MR) is 116 cm³/mol. The summed E-state index contributed by atoms with van der Waals surface area (Å²) in [6.45, 7) is 0. The topological polar surface area (TPSA) is 52.6 Å². The summed E-state index contributed by atoms with van der Waals surface area (Å²) in [4.78, 5) is 26.7. The van der Waals surface area contributed by atoms with Gasteiger partial charge in [-0.25, -0.2) is 0 Å². The third-order valence-corrected chi connectivity index (χ3v) is 7.51. The second-order valence-corrected chi connectivity index (χ2v) is 8.57. The van der Waals surface area contributed by atoms with Crippen LogP contribution < -0.4 is 0 Å². The zero-order valence-electron chi connectivity index (χ0n) is 17.6. The van der Waals surface area contributed by atoms with Crippen molar-refractivity contribution in [1.82, 2.24) is 0 Å². The molecule has 4 rings (SSSR count). The van der Waals surface area contributed by atoms with E-state index in [0.717, 1.165) is 29.5 Å². The van der Waals surface area contributed by atoms with Gasteiger partial charge in [0.15, 0.2) is 0 Å². The predicted octanol–water partition coefficient (Wildman–Crippen LogP) is 4.40. The second kappa shape index (κ2) is 7.61. The van der Waals surface area contributed by atoms with Crippen LogP contribution in [0.25, 0.3) is 11.1 Å². The molecule has 2 aliphatic rings. The number of hydrogen-bond acceptors (Lipinski definition) is 4. The molecule has 2 aliphatic carbocycles. The Hall–Kier alpha value is -2.56. The number of hydrogen-bond donors (Lipinski definition) is 0. The van der Waals surface area contributed by atoms with E-state index in [4.69, 9.17) is 17.3 Å². The maximum atomic E-state index is 13.3. The molecule has 2 saturated carbocycles. The zero-order chi connectivity index (χ0) is 21.4. The summed E-state index contributed by atoms with van der Waals surface area (Å²) >= 11 is 0. The van der Waals surface area contributed by atoms with Crippen LogP contribution in [0.15, 0.2) is 54.6 Å². The van der Waals surface area contributed by atoms with Crippen LogP contribution in [0.5, 0.6) is 0 Å². The van der Waals surface area contributed by atoms with E-state index < -0.39 is 16.1 Å². The molecule has 0 heterocycles. The van der Waals surface area contributed by atoms with Gasteiger partial charge in [-0.3, -0.25) is 9.59 Å². The highest BCUT2D eigenvalue weighted by molar-refractivity contribution is 6.22. The first-order valence-corrected chi connectivity index (χ1v) is 10.6. The lowest BCUT2D eigenvalue weighted by atomic mass is 9.31. The van der Waals surface area contributed by atoms with Crippen LogP contribution >= 0.6 is 0 Å². The van der Waals surface area contributed by atoms with E-state index in [2.05, 4.69) is 0 Å². The minimum absolute atomic E-state index is 0.333. The normalized spacial score (nSPS) is 30.3. The summed E-state index contributed by atoms with van der Waals surface area (Å²) in [6.07, 6.45) is 3.85. The first-order valence-electron chi connectivity index (χ1n) is 10.6. The fourth-order valence-corrected chi connectivity index (χ4v) is 6.21. The van der Waals surface area contributed by atoms with Crippen molar-refractivity contribution in [2.45, 2.75) is 43.8 Å². The fraction of sp³-hybridized carbons (Fsp3) is 0.440. The maximum absolute atomic E-state index is 13.3. The summed E-state index contributed by atoms with van der Waals surface area (Å²) in [5, 5.41) is -1.23. The zero-order valence-corrected chi connectivity index (χ0v) is 17.6. The van der Waals surface area contributed by atoms with Crippen LogP contribution in [0, 0.1) is 10.8 Å². The van der Waals surface area contributed by atoms with Crippen molar-refractivity contribution in [3.05, 3.63) is 60.2 Å². The van der Waals surface area contributed by atoms with Crippen LogP contribution in [-0.2, 0) is 24.4 Å². The summed E-state index contributed by atoms with van der Waals surface area (Å²) in [5.74, 6) is -0.666. The summed E-state index contributed by atoms with van der Waals surface area (Å²) < 4.78 is 10.6. The molecule has 0 amide bonds. The van der Waals surface area contributed by atoms with Gasteiger partial charge in [-0.05, 0) is 47.7 Å². The van der Waals surface area contributed by atoms with Crippen LogP contribution in [0.1, 0.15) is 44.1 Å². The number of ether oxygens (including phenoxy) is 2. The Kier molecular flexibility index (Phi) is 5.25. The Labute approximate surface area is 179 Å². The van der Waals surface area contributed by atoms with E-state index in [0.29, 0.717) is 25.7 Å². The van der Waals surface area contributed by atoms with Gasteiger partial charge in [0.05, 0.1) is 32.9 Å². The van der Waals surface area contributed by atoms with Gasteiger partial charge >= 0.3 is 11.9 Å². The Morgan fingerprint density at radius 2 is 1.23 bits per heavy atom. The molecule has 0 N–H and O–H groups in total. The van der Waals surface area contributed by atoms with E-state index in [1.54, 1.807) is 0 Å². The molecule has 2 fully saturated rings. The molecule has 154 valence electrons. The molecule has 0 aliphatic heterocycles. The molecule has 2 aromatic rings. The molecule has 0 aromatic heterocycles. The highest BCUT2D eigenvalue weighted by Crippen LogP contribution is 2.67. The van der Waals surface area contributed by atoms with Crippen molar-refractivity contribution in [3.8, 4) is 11.1 Å². The van der Waals surface area contributed by atoms with Gasteiger partial charge < -0.3 is 9.47 Å². The Bertz CT molecular complexity index is 911. The first-order chi connectivity index (χ1) is 14.5. The van der Waals surface area contributed by atoms with E-state index in [9.17, 15) is 9.59 Å². The molecule has 2 aromatic carbocycles. The van der Waals surface area contributed by atoms with Gasteiger partial charge in [-0.1, -0.05) is 67.4 Å². The fourth-order valence-electron chi connectivity index (χ4n) is 6.21. The molecule has 4 nitrogen and oxygen atoms in total. The van der Waals surface area contributed by atoms with Crippen LogP contribution in [0.3, 0.4) is 0 Å². The van der Waals surface area contributed by atoms with Crippen molar-refractivity contribution in [3.63, 3.8) is 0 Å². The molecule has 2 radical (unpaired) electrons. The standard InChI is InChI=1S/C25H27BO4/c1-29-21(27)23-14-8-16-24(17-9-15-23,22(28)30-2)25(23,26)20-13-7-6-12-19(20)18-10-4-3-5-11-18/h3-7,10-13H,8-9,14-17H2,1-2H3. The summed E-state index contributed by atoms with van der Waals surface area (Å²) in [6, 6.07) is 17.8. The SMILES string of the molecule is [B]C1(c2ccccc2-c2ccccc2)C2(C(=O)OC)CCCC1(C(=O)OC)CCC2. The number of fused-ring (bicyclic) bond motifs is 2. The molecule has 0 atom stereocenters. The quantitative estimate of drug-likeness (QED) is 0.562. The highest BCUT2D eigenvalue weighted by Gasteiger charge is 2.70. The minimum Gasteiger partial charge on any atom is -0.469 e. The molecule has 30 heavy (non-hydrogen) atoms. The lowest BCUT2D eigenvalue weighted by Crippen LogP contribution is -2.68. The van der Waals surface area contributed by atoms with Gasteiger partial charge in [0.25, 0.3) is 0 Å². The van der Waals surface area contributed by atoms with Crippen LogP contribution in [0.2, 0.25) is 0 Å². The summed E-state index contributed by atoms with van der Waals surface area (Å²) in [5.41, 5.74) is 0.799. The Morgan fingerprint density at radius 3 is 1.73 bits per heavy atom. The third kappa shape index (κ3) is 2.60. The first kappa shape index (κ1) is 20.7. The summed E-state index contributed by atoms with van der Waals surface area (Å²) in [7, 11) is 10.2. The van der Waals surface area contributed by atoms with Gasteiger partial charge in [0.2, 0.25) is 0 Å². The van der Waals surface area contributed by atoms with Crippen molar-refractivity contribution < 1.29 is 19.1 Å². The minimum atomic E-state index is -1.23. The molecule has 0 spiro atoms. The monoisotopic (exact) mass is 402 g/mol. The smallest absolute Gasteiger partial charge is 0.311 e. The lowest BCUT2D eigenvalue weighted by Gasteiger charge is -2.63. The van der Waals surface area contributed by atoms with Gasteiger partial charge in [-0.2, -0.15) is 0 Å². The van der Waals surface area contributed by atoms with E-state index in [1.807, 2.05) is 54.6 Å². The molecule has 0 unspecified atom stereocenters. The van der Waals surface area contributed by atoms with Crippen molar-refractivity contribution in [2.24, 2.45) is 10.8 Å². The number of benzene rings is 2. The largest absolute Gasteiger partial charge is 0.469 e. The molecule has 5 heteroatoms. The number of rotatable bonds is 4. The lowest BCUT2D eigenvalue weighted by molar-refractivity contribution is -0.183. The maximum Gasteiger partial charge on any atom is 0.311 e.